The molecule has 0 atom stereocenters. The first kappa shape index (κ1) is 18.3. The van der Waals surface area contributed by atoms with Crippen LogP contribution in [-0.4, -0.2) is 21.9 Å². The van der Waals surface area contributed by atoms with Gasteiger partial charge in [0, 0.05) is 25.5 Å². The molecule has 0 fully saturated rings. The van der Waals surface area contributed by atoms with Gasteiger partial charge in [-0.2, -0.15) is 0 Å². The smallest absolute Gasteiger partial charge is 0.0543 e. The quantitative estimate of drug-likeness (QED) is 0.837. The van der Waals surface area contributed by atoms with Crippen molar-refractivity contribution in [3.05, 3.63) is 60.2 Å². The van der Waals surface area contributed by atoms with Gasteiger partial charge in [-0.15, -0.1) is 0 Å². The maximum absolute atomic E-state index is 4.30. The van der Waals surface area contributed by atoms with Gasteiger partial charge in [-0.1, -0.05) is 39.8 Å². The van der Waals surface area contributed by atoms with Crippen molar-refractivity contribution in [2.24, 2.45) is 0 Å². The van der Waals surface area contributed by atoms with Crippen molar-refractivity contribution in [2.75, 3.05) is 7.05 Å². The summed E-state index contributed by atoms with van der Waals surface area (Å²) < 4.78 is 0. The van der Waals surface area contributed by atoms with Crippen molar-refractivity contribution in [3.8, 4) is 0 Å². The minimum Gasteiger partial charge on any atom is -0.295 e. The van der Waals surface area contributed by atoms with Crippen LogP contribution < -0.4 is 0 Å². The highest BCUT2D eigenvalue weighted by Gasteiger charge is 2.02. The Morgan fingerprint density at radius 1 is 0.750 bits per heavy atom. The van der Waals surface area contributed by atoms with E-state index in [0.717, 1.165) is 24.5 Å². The molecule has 0 aliphatic rings. The lowest BCUT2D eigenvalue weighted by molar-refractivity contribution is 0.311. The third-order valence-electron chi connectivity index (χ3n) is 2.32. The van der Waals surface area contributed by atoms with E-state index in [9.17, 15) is 0 Å². The molecule has 3 nitrogen and oxygen atoms in total. The molecule has 3 heteroatoms. The monoisotopic (exact) mass is 273 g/mol. The zero-order chi connectivity index (χ0) is 15.2. The molecular formula is C17H27N3. The molecule has 0 radical (unpaired) electrons. The topological polar surface area (TPSA) is 29.0 Å². The molecule has 0 saturated carbocycles. The van der Waals surface area contributed by atoms with E-state index in [0.29, 0.717) is 0 Å². The molecule has 2 aromatic heterocycles. The van der Waals surface area contributed by atoms with E-state index in [-0.39, 0.29) is 0 Å². The summed E-state index contributed by atoms with van der Waals surface area (Å²) in [7, 11) is 2.07. The fourth-order valence-electron chi connectivity index (χ4n) is 1.59. The number of aromatic nitrogens is 2. The minimum absolute atomic E-state index is 0.845. The Kier molecular flexibility index (Phi) is 11.2. The highest BCUT2D eigenvalue weighted by atomic mass is 15.1. The van der Waals surface area contributed by atoms with Crippen LogP contribution in [0.5, 0.6) is 0 Å². The van der Waals surface area contributed by atoms with Crippen LogP contribution in [0, 0.1) is 0 Å². The Balaban J connectivity index is 0.000000829. The van der Waals surface area contributed by atoms with E-state index >= 15 is 0 Å². The van der Waals surface area contributed by atoms with Gasteiger partial charge in [0.25, 0.3) is 0 Å². The second-order valence-electron chi connectivity index (χ2n) is 3.81. The van der Waals surface area contributed by atoms with Crippen molar-refractivity contribution in [1.29, 1.82) is 0 Å². The third kappa shape index (κ3) is 7.64. The second-order valence-corrected chi connectivity index (χ2v) is 3.81. The van der Waals surface area contributed by atoms with Crippen molar-refractivity contribution in [2.45, 2.75) is 40.8 Å². The summed E-state index contributed by atoms with van der Waals surface area (Å²) in [5.41, 5.74) is 2.17. The Morgan fingerprint density at radius 2 is 1.15 bits per heavy atom. The summed E-state index contributed by atoms with van der Waals surface area (Å²) in [6.45, 7) is 9.69. The highest BCUT2D eigenvalue weighted by molar-refractivity contribution is 5.05. The molecule has 0 amide bonds. The summed E-state index contributed by atoms with van der Waals surface area (Å²) in [5.74, 6) is 0. The number of rotatable bonds is 4. The summed E-state index contributed by atoms with van der Waals surface area (Å²) in [6, 6.07) is 12.0. The van der Waals surface area contributed by atoms with Gasteiger partial charge >= 0.3 is 0 Å². The highest BCUT2D eigenvalue weighted by Crippen LogP contribution is 2.03. The first-order chi connectivity index (χ1) is 9.84. The van der Waals surface area contributed by atoms with Gasteiger partial charge in [-0.3, -0.25) is 14.9 Å². The Bertz CT molecular complexity index is 373. The lowest BCUT2D eigenvalue weighted by atomic mass is 10.3. The lowest BCUT2D eigenvalue weighted by Crippen LogP contribution is -2.18. The summed E-state index contributed by atoms with van der Waals surface area (Å²) in [6.07, 6.45) is 3.65. The SMILES string of the molecule is CC.CC.CN(Cc1ccccn1)Cc1ccccn1. The molecule has 110 valence electrons. The van der Waals surface area contributed by atoms with Gasteiger partial charge in [-0.25, -0.2) is 0 Å². The van der Waals surface area contributed by atoms with Gasteiger partial charge in [0.2, 0.25) is 0 Å². The van der Waals surface area contributed by atoms with Crippen molar-refractivity contribution in [1.82, 2.24) is 14.9 Å². The van der Waals surface area contributed by atoms with Crippen LogP contribution in [0.1, 0.15) is 39.1 Å². The zero-order valence-electron chi connectivity index (χ0n) is 13.4. The predicted octanol–water partition coefficient (Wildman–Crippen LogP) is 4.16. The normalized spacial score (nSPS) is 9.10. The van der Waals surface area contributed by atoms with Gasteiger partial charge < -0.3 is 0 Å². The van der Waals surface area contributed by atoms with Gasteiger partial charge in [0.15, 0.2) is 0 Å². The molecule has 2 aromatic rings. The predicted molar refractivity (Wildman–Crippen MR) is 86.3 cm³/mol. The van der Waals surface area contributed by atoms with Gasteiger partial charge in [0.05, 0.1) is 11.4 Å². The van der Waals surface area contributed by atoms with E-state index in [1.807, 2.05) is 76.5 Å². The maximum atomic E-state index is 4.30. The Hall–Kier alpha value is -1.74. The molecule has 0 saturated heterocycles. The summed E-state index contributed by atoms with van der Waals surface area (Å²) in [5, 5.41) is 0. The average molecular weight is 273 g/mol. The number of hydrogen-bond acceptors (Lipinski definition) is 3. The summed E-state index contributed by atoms with van der Waals surface area (Å²) >= 11 is 0. The molecular weight excluding hydrogens is 246 g/mol. The van der Waals surface area contributed by atoms with Crippen LogP contribution in [-0.2, 0) is 13.1 Å². The minimum atomic E-state index is 0.845. The van der Waals surface area contributed by atoms with Crippen molar-refractivity contribution in [3.63, 3.8) is 0 Å². The van der Waals surface area contributed by atoms with Crippen LogP contribution in [0.25, 0.3) is 0 Å². The Morgan fingerprint density at radius 3 is 1.45 bits per heavy atom. The summed E-state index contributed by atoms with van der Waals surface area (Å²) in [4.78, 5) is 10.8. The fourth-order valence-corrected chi connectivity index (χ4v) is 1.59. The second kappa shape index (κ2) is 12.3. The third-order valence-corrected chi connectivity index (χ3v) is 2.32. The van der Waals surface area contributed by atoms with E-state index in [4.69, 9.17) is 0 Å². The number of hydrogen-bond donors (Lipinski definition) is 0. The van der Waals surface area contributed by atoms with Crippen LogP contribution in [0.15, 0.2) is 48.8 Å². The number of nitrogens with zero attached hydrogens (tertiary/aromatic N) is 3. The molecule has 2 heterocycles. The Labute approximate surface area is 123 Å². The molecule has 0 bridgehead atoms. The van der Waals surface area contributed by atoms with Crippen LogP contribution in [0.3, 0.4) is 0 Å². The van der Waals surface area contributed by atoms with E-state index in [1.165, 1.54) is 0 Å². The van der Waals surface area contributed by atoms with E-state index in [2.05, 4.69) is 21.9 Å². The molecule has 20 heavy (non-hydrogen) atoms. The van der Waals surface area contributed by atoms with Crippen LogP contribution in [0.2, 0.25) is 0 Å². The van der Waals surface area contributed by atoms with Crippen LogP contribution in [0.4, 0.5) is 0 Å². The average Bonchev–Trinajstić information content (AvgIpc) is 2.53. The first-order valence-electron chi connectivity index (χ1n) is 7.33. The zero-order valence-corrected chi connectivity index (χ0v) is 13.4. The van der Waals surface area contributed by atoms with E-state index in [1.54, 1.807) is 0 Å². The molecule has 0 aliphatic carbocycles. The molecule has 0 aliphatic heterocycles. The molecule has 0 unspecified atom stereocenters. The molecule has 0 N–H and O–H groups in total. The molecule has 2 rings (SSSR count). The van der Waals surface area contributed by atoms with Crippen LogP contribution >= 0.6 is 0 Å². The largest absolute Gasteiger partial charge is 0.295 e. The fraction of sp³-hybridized carbons (Fsp3) is 0.412. The number of pyridine rings is 2. The standard InChI is InChI=1S/C13H15N3.2C2H6/c1-16(10-12-6-2-4-8-14-12)11-13-7-3-5-9-15-13;2*1-2/h2-9H,10-11H2,1H3;2*1-2H3. The molecule has 0 spiro atoms. The van der Waals surface area contributed by atoms with Gasteiger partial charge in [-0.05, 0) is 31.3 Å². The van der Waals surface area contributed by atoms with E-state index < -0.39 is 0 Å². The van der Waals surface area contributed by atoms with Crippen molar-refractivity contribution >= 4 is 0 Å². The lowest BCUT2D eigenvalue weighted by Gasteiger charge is -2.15. The maximum Gasteiger partial charge on any atom is 0.0543 e. The van der Waals surface area contributed by atoms with Gasteiger partial charge in [0.1, 0.15) is 0 Å². The molecule has 0 aromatic carbocycles. The van der Waals surface area contributed by atoms with Crippen molar-refractivity contribution < 1.29 is 0 Å². The first-order valence-corrected chi connectivity index (χ1v) is 7.33.